The molecule has 0 unspecified atom stereocenters. The van der Waals surface area contributed by atoms with Crippen molar-refractivity contribution < 1.29 is 4.79 Å². The summed E-state index contributed by atoms with van der Waals surface area (Å²) in [6.45, 7) is 3.90. The predicted octanol–water partition coefficient (Wildman–Crippen LogP) is 2.01. The van der Waals surface area contributed by atoms with E-state index in [-0.39, 0.29) is 22.9 Å². The second-order valence-corrected chi connectivity index (χ2v) is 6.47. The van der Waals surface area contributed by atoms with Gasteiger partial charge in [0, 0.05) is 25.9 Å². The molecule has 0 aliphatic heterocycles. The third kappa shape index (κ3) is 2.81. The minimum atomic E-state index is -0.485. The first-order chi connectivity index (χ1) is 12.3. The van der Waals surface area contributed by atoms with E-state index in [0.717, 1.165) is 10.1 Å². The lowest BCUT2D eigenvalue weighted by molar-refractivity contribution is 0.102. The number of hydrogen-bond acceptors (Lipinski definition) is 4. The van der Waals surface area contributed by atoms with E-state index in [1.54, 1.807) is 37.5 Å². The number of pyridine rings is 1. The maximum atomic E-state index is 12.8. The van der Waals surface area contributed by atoms with Crippen LogP contribution >= 0.6 is 0 Å². The Morgan fingerprint density at radius 3 is 2.35 bits per heavy atom. The first-order valence-electron chi connectivity index (χ1n) is 8.28. The average molecular weight is 352 g/mol. The molecular formula is C19H20N4O3. The molecule has 0 aliphatic rings. The van der Waals surface area contributed by atoms with Crippen molar-refractivity contribution in [3.05, 3.63) is 68.5 Å². The van der Waals surface area contributed by atoms with Gasteiger partial charge >= 0.3 is 5.69 Å². The molecule has 0 fully saturated rings. The van der Waals surface area contributed by atoms with Crippen molar-refractivity contribution in [3.63, 3.8) is 0 Å². The lowest BCUT2D eigenvalue weighted by atomic mass is 10.0. The topological polar surface area (TPSA) is 86.0 Å². The number of rotatable bonds is 3. The van der Waals surface area contributed by atoms with E-state index in [4.69, 9.17) is 0 Å². The lowest BCUT2D eigenvalue weighted by Gasteiger charge is -2.17. The normalized spacial score (nSPS) is 11.1. The zero-order valence-corrected chi connectivity index (χ0v) is 15.1. The second-order valence-electron chi connectivity index (χ2n) is 6.47. The summed E-state index contributed by atoms with van der Waals surface area (Å²) in [5.74, 6) is -0.296. The molecule has 0 spiro atoms. The molecule has 0 aliphatic carbocycles. The fourth-order valence-corrected chi connectivity index (χ4v) is 2.89. The summed E-state index contributed by atoms with van der Waals surface area (Å²) < 4.78 is 2.32. The van der Waals surface area contributed by atoms with Gasteiger partial charge in [-0.3, -0.25) is 18.7 Å². The van der Waals surface area contributed by atoms with Crippen molar-refractivity contribution >= 4 is 22.6 Å². The van der Waals surface area contributed by atoms with E-state index in [9.17, 15) is 14.4 Å². The Bertz CT molecular complexity index is 1110. The summed E-state index contributed by atoms with van der Waals surface area (Å²) in [5.41, 5.74) is 0.904. The summed E-state index contributed by atoms with van der Waals surface area (Å²) in [6.07, 6.45) is 1.60. The van der Waals surface area contributed by atoms with Crippen LogP contribution in [-0.2, 0) is 14.1 Å². The second kappa shape index (κ2) is 6.59. The Morgan fingerprint density at radius 1 is 1.08 bits per heavy atom. The molecule has 0 bridgehead atoms. The number of amides is 1. The molecule has 1 amide bonds. The van der Waals surface area contributed by atoms with Crippen molar-refractivity contribution in [2.75, 3.05) is 5.32 Å². The molecule has 2 heterocycles. The molecule has 7 nitrogen and oxygen atoms in total. The summed E-state index contributed by atoms with van der Waals surface area (Å²) in [6, 6.07) is 8.75. The molecule has 0 saturated heterocycles. The van der Waals surface area contributed by atoms with E-state index in [2.05, 4.69) is 10.3 Å². The van der Waals surface area contributed by atoms with Gasteiger partial charge in [-0.2, -0.15) is 0 Å². The molecule has 0 saturated carbocycles. The van der Waals surface area contributed by atoms with Crippen molar-refractivity contribution in [2.24, 2.45) is 14.1 Å². The highest BCUT2D eigenvalue weighted by atomic mass is 16.2. The monoisotopic (exact) mass is 352 g/mol. The third-order valence-electron chi connectivity index (χ3n) is 4.39. The van der Waals surface area contributed by atoms with Gasteiger partial charge in [0.25, 0.3) is 11.5 Å². The Labute approximate surface area is 149 Å². The number of nitrogens with zero attached hydrogens (tertiary/aromatic N) is 3. The number of hydrogen-bond donors (Lipinski definition) is 1. The molecule has 0 atom stereocenters. The summed E-state index contributed by atoms with van der Waals surface area (Å²) in [5, 5.41) is 3.09. The number of fused-ring (bicyclic) bond motifs is 1. The first-order valence-corrected chi connectivity index (χ1v) is 8.28. The van der Waals surface area contributed by atoms with Crippen LogP contribution in [0.5, 0.6) is 0 Å². The van der Waals surface area contributed by atoms with Gasteiger partial charge in [0.05, 0.1) is 5.69 Å². The zero-order chi connectivity index (χ0) is 19.0. The van der Waals surface area contributed by atoms with Crippen LogP contribution in [0.15, 0.2) is 46.1 Å². The number of carbonyl (C=O) groups is 1. The van der Waals surface area contributed by atoms with Crippen molar-refractivity contribution in [1.29, 1.82) is 0 Å². The van der Waals surface area contributed by atoms with Crippen LogP contribution in [0.25, 0.3) is 11.0 Å². The predicted molar refractivity (Wildman–Crippen MR) is 101 cm³/mol. The van der Waals surface area contributed by atoms with Gasteiger partial charge in [0.1, 0.15) is 5.39 Å². The van der Waals surface area contributed by atoms with Crippen LogP contribution in [0.2, 0.25) is 0 Å². The van der Waals surface area contributed by atoms with E-state index >= 15 is 0 Å². The fourth-order valence-electron chi connectivity index (χ4n) is 2.89. The molecule has 7 heteroatoms. The Balaban J connectivity index is 2.31. The number of aryl methyl sites for hydroxylation is 1. The minimum Gasteiger partial charge on any atom is -0.321 e. The highest BCUT2D eigenvalue weighted by molar-refractivity contribution is 6.08. The standard InChI is InChI=1S/C19H20N4O3/c1-11(2)13-10-20-16-14(18(25)23(4)19(26)22(16)3)15(13)21-17(24)12-8-6-5-7-9-12/h5-11H,1-4H3,(H,20,21,24). The van der Waals surface area contributed by atoms with E-state index in [1.807, 2.05) is 19.9 Å². The molecule has 1 N–H and O–H groups in total. The van der Waals surface area contributed by atoms with Gasteiger partial charge in [0.2, 0.25) is 0 Å². The maximum absolute atomic E-state index is 12.8. The Hall–Kier alpha value is -3.22. The summed E-state index contributed by atoms with van der Waals surface area (Å²) in [7, 11) is 2.96. The van der Waals surface area contributed by atoms with Gasteiger partial charge in [-0.05, 0) is 23.6 Å². The van der Waals surface area contributed by atoms with E-state index in [1.165, 1.54) is 11.6 Å². The van der Waals surface area contributed by atoms with Crippen LogP contribution in [0.3, 0.4) is 0 Å². The number of benzene rings is 1. The molecule has 1 aromatic carbocycles. The number of carbonyl (C=O) groups excluding carboxylic acids is 1. The van der Waals surface area contributed by atoms with E-state index < -0.39 is 11.2 Å². The smallest absolute Gasteiger partial charge is 0.321 e. The minimum absolute atomic E-state index is 0.0277. The van der Waals surface area contributed by atoms with Gasteiger partial charge in [-0.15, -0.1) is 0 Å². The van der Waals surface area contributed by atoms with Crippen LogP contribution in [-0.4, -0.2) is 20.0 Å². The lowest BCUT2D eigenvalue weighted by Crippen LogP contribution is -2.38. The van der Waals surface area contributed by atoms with E-state index in [0.29, 0.717) is 11.3 Å². The first kappa shape index (κ1) is 17.6. The van der Waals surface area contributed by atoms with Crippen LogP contribution in [0, 0.1) is 0 Å². The van der Waals surface area contributed by atoms with Crippen LogP contribution in [0.4, 0.5) is 5.69 Å². The average Bonchev–Trinajstić information content (AvgIpc) is 2.64. The molecule has 2 aromatic heterocycles. The highest BCUT2D eigenvalue weighted by Crippen LogP contribution is 2.28. The van der Waals surface area contributed by atoms with Gasteiger partial charge < -0.3 is 5.32 Å². The number of anilines is 1. The van der Waals surface area contributed by atoms with Gasteiger partial charge in [-0.1, -0.05) is 32.0 Å². The molecule has 134 valence electrons. The molecule has 3 aromatic rings. The summed E-state index contributed by atoms with van der Waals surface area (Å²) in [4.78, 5) is 41.9. The van der Waals surface area contributed by atoms with Gasteiger partial charge in [0.15, 0.2) is 5.65 Å². The Morgan fingerprint density at radius 2 is 1.73 bits per heavy atom. The SMILES string of the molecule is CC(C)c1cnc2c(c1NC(=O)c1ccccc1)c(=O)n(C)c(=O)n2C. The molecular weight excluding hydrogens is 332 g/mol. The quantitative estimate of drug-likeness (QED) is 0.781. The van der Waals surface area contributed by atoms with Crippen molar-refractivity contribution in [1.82, 2.24) is 14.1 Å². The summed E-state index contributed by atoms with van der Waals surface area (Å²) >= 11 is 0. The van der Waals surface area contributed by atoms with Crippen LogP contribution in [0.1, 0.15) is 35.7 Å². The van der Waals surface area contributed by atoms with Crippen molar-refractivity contribution in [3.8, 4) is 0 Å². The van der Waals surface area contributed by atoms with Gasteiger partial charge in [-0.25, -0.2) is 9.78 Å². The number of aromatic nitrogens is 3. The molecule has 26 heavy (non-hydrogen) atoms. The molecule has 0 radical (unpaired) electrons. The number of nitrogens with one attached hydrogen (secondary N) is 1. The maximum Gasteiger partial charge on any atom is 0.332 e. The Kier molecular flexibility index (Phi) is 4.46. The zero-order valence-electron chi connectivity index (χ0n) is 15.1. The fraction of sp³-hybridized carbons (Fsp3) is 0.263. The molecule has 3 rings (SSSR count). The largest absolute Gasteiger partial charge is 0.332 e. The third-order valence-corrected chi connectivity index (χ3v) is 4.39. The highest BCUT2D eigenvalue weighted by Gasteiger charge is 2.20. The van der Waals surface area contributed by atoms with Crippen molar-refractivity contribution in [2.45, 2.75) is 19.8 Å². The van der Waals surface area contributed by atoms with Crippen LogP contribution < -0.4 is 16.6 Å².